The molecule has 2 rings (SSSR count). The van der Waals surface area contributed by atoms with Crippen LogP contribution in [-0.4, -0.2) is 4.98 Å². The summed E-state index contributed by atoms with van der Waals surface area (Å²) in [6, 6.07) is 14.4. The van der Waals surface area contributed by atoms with Crippen molar-refractivity contribution in [3.63, 3.8) is 0 Å². The van der Waals surface area contributed by atoms with Crippen molar-refractivity contribution in [2.24, 2.45) is 0 Å². The van der Waals surface area contributed by atoms with Gasteiger partial charge in [0, 0.05) is 6.20 Å². The van der Waals surface area contributed by atoms with E-state index in [1.807, 2.05) is 18.2 Å². The zero-order valence-electron chi connectivity index (χ0n) is 8.56. The predicted octanol–water partition coefficient (Wildman–Crippen LogP) is 2.45. The molecule has 2 N–H and O–H groups in total. The standard InChI is InChI=1S/C13H14N2/c14-13-10-12(8-9-15-13)7-6-11-4-2-1-3-5-11/h1-5,8-10H,6-7H2,(H2,14,15). The SMILES string of the molecule is Nc1cc(CCc2ccccc2)ccn1. The summed E-state index contributed by atoms with van der Waals surface area (Å²) >= 11 is 0. The van der Waals surface area contributed by atoms with E-state index in [1.165, 1.54) is 11.1 Å². The molecule has 0 fully saturated rings. The van der Waals surface area contributed by atoms with Gasteiger partial charge in [-0.1, -0.05) is 30.3 Å². The fourth-order valence-corrected chi connectivity index (χ4v) is 1.58. The first-order valence-corrected chi connectivity index (χ1v) is 5.09. The fourth-order valence-electron chi connectivity index (χ4n) is 1.58. The van der Waals surface area contributed by atoms with Gasteiger partial charge < -0.3 is 5.73 Å². The van der Waals surface area contributed by atoms with Crippen molar-refractivity contribution in [2.75, 3.05) is 5.73 Å². The van der Waals surface area contributed by atoms with Crippen molar-refractivity contribution in [2.45, 2.75) is 12.8 Å². The average Bonchev–Trinajstić information content (AvgIpc) is 2.28. The van der Waals surface area contributed by atoms with E-state index in [-0.39, 0.29) is 0 Å². The molecule has 0 saturated carbocycles. The van der Waals surface area contributed by atoms with Crippen LogP contribution in [0.5, 0.6) is 0 Å². The summed E-state index contributed by atoms with van der Waals surface area (Å²) < 4.78 is 0. The van der Waals surface area contributed by atoms with Gasteiger partial charge in [0.2, 0.25) is 0 Å². The molecule has 0 spiro atoms. The summed E-state index contributed by atoms with van der Waals surface area (Å²) in [6.07, 6.45) is 3.82. The Labute approximate surface area is 89.8 Å². The highest BCUT2D eigenvalue weighted by atomic mass is 14.8. The van der Waals surface area contributed by atoms with E-state index in [1.54, 1.807) is 6.20 Å². The van der Waals surface area contributed by atoms with Crippen LogP contribution in [0.25, 0.3) is 0 Å². The fraction of sp³-hybridized carbons (Fsp3) is 0.154. The van der Waals surface area contributed by atoms with E-state index in [9.17, 15) is 0 Å². The highest BCUT2D eigenvalue weighted by Crippen LogP contribution is 2.08. The Morgan fingerprint density at radius 2 is 1.67 bits per heavy atom. The number of hydrogen-bond donors (Lipinski definition) is 1. The van der Waals surface area contributed by atoms with Gasteiger partial charge in [-0.25, -0.2) is 4.98 Å². The molecule has 0 radical (unpaired) electrons. The average molecular weight is 198 g/mol. The van der Waals surface area contributed by atoms with Gasteiger partial charge in [0.25, 0.3) is 0 Å². The molecular formula is C13H14N2. The normalized spacial score (nSPS) is 10.1. The molecule has 0 amide bonds. The number of nitrogen functional groups attached to an aromatic ring is 1. The van der Waals surface area contributed by atoms with Crippen LogP contribution < -0.4 is 5.73 Å². The minimum absolute atomic E-state index is 0.598. The van der Waals surface area contributed by atoms with Crippen LogP contribution in [0.15, 0.2) is 48.7 Å². The van der Waals surface area contributed by atoms with Crippen molar-refractivity contribution in [1.29, 1.82) is 0 Å². The summed E-state index contributed by atoms with van der Waals surface area (Å²) in [5.41, 5.74) is 8.21. The first-order chi connectivity index (χ1) is 7.34. The Balaban J connectivity index is 1.99. The first kappa shape index (κ1) is 9.71. The lowest BCUT2D eigenvalue weighted by Gasteiger charge is -2.02. The van der Waals surface area contributed by atoms with E-state index in [0.717, 1.165) is 12.8 Å². The number of aryl methyl sites for hydroxylation is 2. The molecular weight excluding hydrogens is 184 g/mol. The summed E-state index contributed by atoms with van der Waals surface area (Å²) in [7, 11) is 0. The van der Waals surface area contributed by atoms with Gasteiger partial charge >= 0.3 is 0 Å². The van der Waals surface area contributed by atoms with Crippen molar-refractivity contribution in [1.82, 2.24) is 4.98 Å². The monoisotopic (exact) mass is 198 g/mol. The number of hydrogen-bond acceptors (Lipinski definition) is 2. The number of nitrogens with zero attached hydrogens (tertiary/aromatic N) is 1. The summed E-state index contributed by atoms with van der Waals surface area (Å²) in [6.45, 7) is 0. The van der Waals surface area contributed by atoms with Crippen molar-refractivity contribution >= 4 is 5.82 Å². The van der Waals surface area contributed by atoms with Crippen LogP contribution in [0.1, 0.15) is 11.1 Å². The molecule has 0 bridgehead atoms. The molecule has 1 heterocycles. The van der Waals surface area contributed by atoms with Crippen molar-refractivity contribution in [3.8, 4) is 0 Å². The third-order valence-electron chi connectivity index (χ3n) is 2.39. The van der Waals surface area contributed by atoms with Gasteiger partial charge in [-0.15, -0.1) is 0 Å². The molecule has 2 aromatic rings. The summed E-state index contributed by atoms with van der Waals surface area (Å²) in [5.74, 6) is 0.598. The lowest BCUT2D eigenvalue weighted by Crippen LogP contribution is -1.94. The maximum Gasteiger partial charge on any atom is 0.123 e. The third kappa shape index (κ3) is 2.81. The van der Waals surface area contributed by atoms with Crippen LogP contribution in [0.2, 0.25) is 0 Å². The Hall–Kier alpha value is -1.83. The van der Waals surface area contributed by atoms with E-state index < -0.39 is 0 Å². The van der Waals surface area contributed by atoms with Crippen LogP contribution in [0, 0.1) is 0 Å². The van der Waals surface area contributed by atoms with Crippen LogP contribution in [0.3, 0.4) is 0 Å². The number of rotatable bonds is 3. The topological polar surface area (TPSA) is 38.9 Å². The molecule has 1 aromatic carbocycles. The highest BCUT2D eigenvalue weighted by molar-refractivity contribution is 5.32. The highest BCUT2D eigenvalue weighted by Gasteiger charge is 1.96. The zero-order chi connectivity index (χ0) is 10.5. The quantitative estimate of drug-likeness (QED) is 0.822. The largest absolute Gasteiger partial charge is 0.384 e. The number of pyridine rings is 1. The molecule has 0 unspecified atom stereocenters. The van der Waals surface area contributed by atoms with E-state index in [4.69, 9.17) is 5.73 Å². The maximum absolute atomic E-state index is 5.62. The van der Waals surface area contributed by atoms with Crippen molar-refractivity contribution in [3.05, 3.63) is 59.8 Å². The van der Waals surface area contributed by atoms with Crippen LogP contribution >= 0.6 is 0 Å². The third-order valence-corrected chi connectivity index (χ3v) is 2.39. The Kier molecular flexibility index (Phi) is 2.98. The minimum Gasteiger partial charge on any atom is -0.384 e. The van der Waals surface area contributed by atoms with E-state index in [2.05, 4.69) is 29.2 Å². The predicted molar refractivity (Wildman–Crippen MR) is 62.5 cm³/mol. The molecule has 2 nitrogen and oxygen atoms in total. The molecule has 15 heavy (non-hydrogen) atoms. The van der Waals surface area contributed by atoms with Gasteiger partial charge in [-0.3, -0.25) is 0 Å². The smallest absolute Gasteiger partial charge is 0.123 e. The zero-order valence-corrected chi connectivity index (χ0v) is 8.56. The first-order valence-electron chi connectivity index (χ1n) is 5.09. The van der Waals surface area contributed by atoms with Gasteiger partial charge in [-0.05, 0) is 36.1 Å². The second-order valence-electron chi connectivity index (χ2n) is 3.57. The summed E-state index contributed by atoms with van der Waals surface area (Å²) in [4.78, 5) is 3.97. The van der Waals surface area contributed by atoms with Crippen LogP contribution in [0.4, 0.5) is 5.82 Å². The molecule has 0 aliphatic carbocycles. The second kappa shape index (κ2) is 4.60. The van der Waals surface area contributed by atoms with Crippen LogP contribution in [-0.2, 0) is 12.8 Å². The Bertz CT molecular complexity index is 424. The van der Waals surface area contributed by atoms with Gasteiger partial charge in [0.05, 0.1) is 0 Å². The van der Waals surface area contributed by atoms with E-state index in [0.29, 0.717) is 5.82 Å². The van der Waals surface area contributed by atoms with Gasteiger partial charge in [0.1, 0.15) is 5.82 Å². The number of anilines is 1. The molecule has 0 aliphatic heterocycles. The number of benzene rings is 1. The Morgan fingerprint density at radius 3 is 2.40 bits per heavy atom. The summed E-state index contributed by atoms with van der Waals surface area (Å²) in [5, 5.41) is 0. The van der Waals surface area contributed by atoms with Gasteiger partial charge in [0.15, 0.2) is 0 Å². The van der Waals surface area contributed by atoms with Crippen molar-refractivity contribution < 1.29 is 0 Å². The molecule has 0 aliphatic rings. The Morgan fingerprint density at radius 1 is 0.933 bits per heavy atom. The molecule has 76 valence electrons. The number of aromatic nitrogens is 1. The lowest BCUT2D eigenvalue weighted by molar-refractivity contribution is 0.956. The number of nitrogens with two attached hydrogens (primary N) is 1. The molecule has 1 aromatic heterocycles. The maximum atomic E-state index is 5.62. The minimum atomic E-state index is 0.598. The second-order valence-corrected chi connectivity index (χ2v) is 3.57. The molecule has 0 atom stereocenters. The van der Waals surface area contributed by atoms with E-state index >= 15 is 0 Å². The lowest BCUT2D eigenvalue weighted by atomic mass is 10.1. The molecule has 0 saturated heterocycles. The molecule has 2 heteroatoms. The van der Waals surface area contributed by atoms with Gasteiger partial charge in [-0.2, -0.15) is 0 Å².